The van der Waals surface area contributed by atoms with Gasteiger partial charge in [0, 0.05) is 25.0 Å². The lowest BCUT2D eigenvalue weighted by Crippen LogP contribution is -2.28. The van der Waals surface area contributed by atoms with E-state index in [1.165, 1.54) is 18.4 Å². The molecule has 90 valence electrons. The first kappa shape index (κ1) is 13.4. The van der Waals surface area contributed by atoms with E-state index in [1.807, 2.05) is 0 Å². The fourth-order valence-electron chi connectivity index (χ4n) is 1.10. The van der Waals surface area contributed by atoms with Crippen molar-refractivity contribution in [2.24, 2.45) is 0 Å². The van der Waals surface area contributed by atoms with Gasteiger partial charge in [0.15, 0.2) is 0 Å². The zero-order valence-electron chi connectivity index (χ0n) is 8.90. The van der Waals surface area contributed by atoms with E-state index < -0.39 is 6.10 Å². The molecule has 1 amide bonds. The maximum absolute atomic E-state index is 11.2. The van der Waals surface area contributed by atoms with Crippen LogP contribution >= 0.6 is 22.9 Å². The number of halogens is 1. The van der Waals surface area contributed by atoms with Crippen LogP contribution in [-0.4, -0.2) is 31.3 Å². The quantitative estimate of drug-likeness (QED) is 0.819. The third kappa shape index (κ3) is 4.49. The summed E-state index contributed by atoms with van der Waals surface area (Å²) in [6.45, 7) is 0.576. The van der Waals surface area contributed by atoms with Crippen LogP contribution in [0.25, 0.3) is 0 Å². The van der Waals surface area contributed by atoms with Crippen molar-refractivity contribution in [3.8, 4) is 0 Å². The highest BCUT2D eigenvalue weighted by Gasteiger charge is 2.11. The minimum absolute atomic E-state index is 0.136. The third-order valence-electron chi connectivity index (χ3n) is 1.95. The van der Waals surface area contributed by atoms with Gasteiger partial charge in [0.05, 0.1) is 10.9 Å². The molecule has 1 atom stereocenters. The molecule has 0 aliphatic rings. The second-order valence-electron chi connectivity index (χ2n) is 3.20. The monoisotopic (exact) mass is 263 g/mol. The predicted octanol–water partition coefficient (Wildman–Crippen LogP) is 1.59. The van der Waals surface area contributed by atoms with Gasteiger partial charge in [-0.2, -0.15) is 0 Å². The van der Waals surface area contributed by atoms with E-state index in [0.29, 0.717) is 17.4 Å². The standard InChI is InChI=1S/C10H14ClNO3S/c1-15-5-4-10(14)12-6-7(13)8-2-3-9(11)16-8/h2-3,7,13H,4-6H2,1H3,(H,12,14). The summed E-state index contributed by atoms with van der Waals surface area (Å²) in [4.78, 5) is 12.0. The minimum atomic E-state index is -0.705. The van der Waals surface area contributed by atoms with Crippen molar-refractivity contribution in [3.63, 3.8) is 0 Å². The first-order chi connectivity index (χ1) is 7.63. The van der Waals surface area contributed by atoms with Gasteiger partial charge in [-0.15, -0.1) is 11.3 Å². The van der Waals surface area contributed by atoms with Gasteiger partial charge in [-0.05, 0) is 12.1 Å². The Morgan fingerprint density at radius 2 is 2.44 bits per heavy atom. The van der Waals surface area contributed by atoms with E-state index >= 15 is 0 Å². The molecule has 0 aliphatic heterocycles. The van der Waals surface area contributed by atoms with E-state index in [0.717, 1.165) is 4.88 Å². The Hall–Kier alpha value is -0.620. The molecule has 0 saturated heterocycles. The van der Waals surface area contributed by atoms with Crippen molar-refractivity contribution in [2.75, 3.05) is 20.3 Å². The van der Waals surface area contributed by atoms with E-state index in [4.69, 9.17) is 16.3 Å². The van der Waals surface area contributed by atoms with Crippen LogP contribution in [0.15, 0.2) is 12.1 Å². The highest BCUT2D eigenvalue weighted by Crippen LogP contribution is 2.26. The summed E-state index contributed by atoms with van der Waals surface area (Å²) in [6.07, 6.45) is -0.405. The number of nitrogens with one attached hydrogen (secondary N) is 1. The number of aliphatic hydroxyl groups is 1. The number of carbonyl (C=O) groups excluding carboxylic acids is 1. The summed E-state index contributed by atoms with van der Waals surface area (Å²) in [5.41, 5.74) is 0. The third-order valence-corrected chi connectivity index (χ3v) is 3.28. The summed E-state index contributed by atoms with van der Waals surface area (Å²) in [5, 5.41) is 12.3. The number of carbonyl (C=O) groups is 1. The van der Waals surface area contributed by atoms with Gasteiger partial charge >= 0.3 is 0 Å². The van der Waals surface area contributed by atoms with Crippen LogP contribution in [0.5, 0.6) is 0 Å². The molecule has 0 radical (unpaired) electrons. The molecular formula is C10H14ClNO3S. The van der Waals surface area contributed by atoms with Gasteiger partial charge in [0.1, 0.15) is 6.10 Å². The van der Waals surface area contributed by atoms with Crippen molar-refractivity contribution in [1.82, 2.24) is 5.32 Å². The number of rotatable bonds is 6. The molecule has 0 fully saturated rings. The summed E-state index contributed by atoms with van der Waals surface area (Å²) < 4.78 is 5.39. The molecule has 0 saturated carbocycles. The van der Waals surface area contributed by atoms with E-state index in [1.54, 1.807) is 12.1 Å². The fraction of sp³-hybridized carbons (Fsp3) is 0.500. The molecule has 1 rings (SSSR count). The normalized spacial score (nSPS) is 12.4. The number of hydrogen-bond donors (Lipinski definition) is 2. The minimum Gasteiger partial charge on any atom is -0.386 e. The highest BCUT2D eigenvalue weighted by molar-refractivity contribution is 7.16. The summed E-state index contributed by atoms with van der Waals surface area (Å²) >= 11 is 7.04. The average molecular weight is 264 g/mol. The van der Waals surface area contributed by atoms with E-state index in [-0.39, 0.29) is 12.5 Å². The number of thiophene rings is 1. The molecule has 1 aromatic heterocycles. The van der Waals surface area contributed by atoms with Crippen LogP contribution in [0.4, 0.5) is 0 Å². The average Bonchev–Trinajstić information content (AvgIpc) is 2.69. The maximum atomic E-state index is 11.2. The summed E-state index contributed by atoms with van der Waals surface area (Å²) in [6, 6.07) is 3.47. The fourth-order valence-corrected chi connectivity index (χ4v) is 2.15. The van der Waals surface area contributed by atoms with Crippen molar-refractivity contribution >= 4 is 28.8 Å². The molecule has 0 aromatic carbocycles. The molecular weight excluding hydrogens is 250 g/mol. The number of amides is 1. The van der Waals surface area contributed by atoms with Gasteiger partial charge < -0.3 is 15.2 Å². The smallest absolute Gasteiger partial charge is 0.222 e. The first-order valence-corrected chi connectivity index (χ1v) is 6.02. The van der Waals surface area contributed by atoms with Crippen LogP contribution in [0, 0.1) is 0 Å². The Bertz CT molecular complexity index is 343. The van der Waals surface area contributed by atoms with Crippen LogP contribution in [-0.2, 0) is 9.53 Å². The van der Waals surface area contributed by atoms with Gasteiger partial charge in [-0.25, -0.2) is 0 Å². The zero-order valence-corrected chi connectivity index (χ0v) is 10.5. The second-order valence-corrected chi connectivity index (χ2v) is 4.95. The van der Waals surface area contributed by atoms with Crippen molar-refractivity contribution in [3.05, 3.63) is 21.3 Å². The Morgan fingerprint density at radius 1 is 1.69 bits per heavy atom. The Balaban J connectivity index is 2.29. The molecule has 0 aliphatic carbocycles. The molecule has 4 nitrogen and oxygen atoms in total. The lowest BCUT2D eigenvalue weighted by molar-refractivity contribution is -0.122. The van der Waals surface area contributed by atoms with Crippen molar-refractivity contribution < 1.29 is 14.6 Å². The number of aliphatic hydroxyl groups excluding tert-OH is 1. The van der Waals surface area contributed by atoms with Crippen molar-refractivity contribution in [1.29, 1.82) is 0 Å². The van der Waals surface area contributed by atoms with Crippen LogP contribution in [0.3, 0.4) is 0 Å². The zero-order chi connectivity index (χ0) is 12.0. The van der Waals surface area contributed by atoms with E-state index in [9.17, 15) is 9.90 Å². The predicted molar refractivity (Wildman–Crippen MR) is 63.8 cm³/mol. The summed E-state index contributed by atoms with van der Waals surface area (Å²) in [7, 11) is 1.54. The summed E-state index contributed by atoms with van der Waals surface area (Å²) in [5.74, 6) is -0.136. The molecule has 0 spiro atoms. The van der Waals surface area contributed by atoms with Gasteiger partial charge in [0.25, 0.3) is 0 Å². The Kier molecular flexibility index (Phi) is 5.76. The molecule has 1 heterocycles. The first-order valence-electron chi connectivity index (χ1n) is 4.82. The van der Waals surface area contributed by atoms with Crippen molar-refractivity contribution in [2.45, 2.75) is 12.5 Å². The van der Waals surface area contributed by atoms with E-state index in [2.05, 4.69) is 5.32 Å². The lowest BCUT2D eigenvalue weighted by Gasteiger charge is -2.09. The molecule has 0 bridgehead atoms. The number of hydrogen-bond acceptors (Lipinski definition) is 4. The second kappa shape index (κ2) is 6.85. The van der Waals surface area contributed by atoms with Gasteiger partial charge in [-0.1, -0.05) is 11.6 Å². The molecule has 1 aromatic rings. The Labute approximate surface area is 103 Å². The number of ether oxygens (including phenoxy) is 1. The highest BCUT2D eigenvalue weighted by atomic mass is 35.5. The SMILES string of the molecule is COCCC(=O)NCC(O)c1ccc(Cl)s1. The van der Waals surface area contributed by atoms with Gasteiger partial charge in [-0.3, -0.25) is 4.79 Å². The number of methoxy groups -OCH3 is 1. The molecule has 6 heteroatoms. The lowest BCUT2D eigenvalue weighted by atomic mass is 10.3. The molecule has 2 N–H and O–H groups in total. The largest absolute Gasteiger partial charge is 0.386 e. The van der Waals surface area contributed by atoms with Crippen LogP contribution < -0.4 is 5.32 Å². The topological polar surface area (TPSA) is 58.6 Å². The maximum Gasteiger partial charge on any atom is 0.222 e. The molecule has 1 unspecified atom stereocenters. The van der Waals surface area contributed by atoms with Crippen LogP contribution in [0.1, 0.15) is 17.4 Å². The Morgan fingerprint density at radius 3 is 3.00 bits per heavy atom. The van der Waals surface area contributed by atoms with Crippen LogP contribution in [0.2, 0.25) is 4.34 Å². The molecule has 16 heavy (non-hydrogen) atoms. The van der Waals surface area contributed by atoms with Gasteiger partial charge in [0.2, 0.25) is 5.91 Å².